The number of aromatic nitrogens is 2. The summed E-state index contributed by atoms with van der Waals surface area (Å²) in [6.45, 7) is 5.03. The molecule has 0 aromatic carbocycles. The maximum atomic E-state index is 6.30. The summed E-state index contributed by atoms with van der Waals surface area (Å²) in [6, 6.07) is 12.6. The minimum atomic E-state index is 0.643. The molecule has 0 unspecified atom stereocenters. The van der Waals surface area contributed by atoms with Crippen LogP contribution in [0.5, 0.6) is 0 Å². The highest BCUT2D eigenvalue weighted by Gasteiger charge is 2.55. The molecule has 2 bridgehead atoms. The Morgan fingerprint density at radius 3 is 2.20 bits per heavy atom. The largest absolute Gasteiger partial charge is 0.277 e. The molecule has 20 heavy (non-hydrogen) atoms. The Hall–Kier alpha value is -1.98. The molecule has 0 spiro atoms. The van der Waals surface area contributed by atoms with Crippen LogP contribution in [0.3, 0.4) is 0 Å². The number of hydroxylamine groups is 3. The van der Waals surface area contributed by atoms with Gasteiger partial charge in [-0.25, -0.2) is 0 Å². The Morgan fingerprint density at radius 1 is 1.05 bits per heavy atom. The first-order valence-corrected chi connectivity index (χ1v) is 7.17. The minimum Gasteiger partial charge on any atom is -0.124 e. The van der Waals surface area contributed by atoms with Crippen molar-refractivity contribution in [2.75, 3.05) is 11.8 Å². The molecule has 0 saturated heterocycles. The van der Waals surface area contributed by atoms with E-state index in [0.717, 1.165) is 26.1 Å². The number of pyridine rings is 2. The van der Waals surface area contributed by atoms with Gasteiger partial charge in [-0.1, -0.05) is 6.92 Å². The van der Waals surface area contributed by atoms with Crippen molar-refractivity contribution in [1.82, 2.24) is 0 Å². The van der Waals surface area contributed by atoms with Gasteiger partial charge in [-0.3, -0.25) is 0 Å². The van der Waals surface area contributed by atoms with E-state index < -0.39 is 0 Å². The van der Waals surface area contributed by atoms with Gasteiger partial charge in [0.05, 0.1) is 0 Å². The molecular weight excluding hydrogens is 252 g/mol. The maximum Gasteiger partial charge on any atom is 0.277 e. The van der Waals surface area contributed by atoms with Crippen LogP contribution in [0.4, 0.5) is 0 Å². The van der Waals surface area contributed by atoms with Crippen LogP contribution in [0, 0.1) is 0 Å². The fraction of sp³-hybridized carbons (Fsp3) is 0.333. The van der Waals surface area contributed by atoms with Crippen molar-refractivity contribution in [1.29, 1.82) is 0 Å². The minimum absolute atomic E-state index is 0.643. The predicted octanol–water partition coefficient (Wildman–Crippen LogP) is 0.763. The van der Waals surface area contributed by atoms with E-state index in [9.17, 15) is 0 Å². The smallest absolute Gasteiger partial charge is 0.124 e. The van der Waals surface area contributed by atoms with Gasteiger partial charge in [-0.05, 0) is 18.6 Å². The van der Waals surface area contributed by atoms with Gasteiger partial charge in [0.25, 0.3) is 16.7 Å². The normalized spacial score (nSPS) is 18.4. The molecule has 0 saturated carbocycles. The van der Waals surface area contributed by atoms with Crippen LogP contribution < -0.4 is 14.6 Å². The van der Waals surface area contributed by atoms with Crippen molar-refractivity contribution in [3.8, 4) is 0 Å². The van der Waals surface area contributed by atoms with E-state index in [0.29, 0.717) is 4.65 Å². The molecule has 0 amide bonds. The van der Waals surface area contributed by atoms with Crippen LogP contribution in [0.1, 0.15) is 24.7 Å². The van der Waals surface area contributed by atoms with Crippen LogP contribution in [0.25, 0.3) is 0 Å². The lowest BCUT2D eigenvalue weighted by Crippen LogP contribution is -2.84. The number of hydrogen-bond donors (Lipinski definition) is 0. The summed E-state index contributed by atoms with van der Waals surface area (Å²) < 4.78 is 4.80. The van der Waals surface area contributed by atoms with Gasteiger partial charge in [-0.2, -0.15) is 0 Å². The van der Waals surface area contributed by atoms with Gasteiger partial charge in [0.15, 0.2) is 13.1 Å². The highest BCUT2D eigenvalue weighted by atomic mass is 16.9. The van der Waals surface area contributed by atoms with Crippen molar-refractivity contribution in [3.05, 3.63) is 60.2 Å². The predicted molar refractivity (Wildman–Crippen MR) is 70.8 cm³/mol. The molecule has 0 N–H and O–H groups in total. The Bertz CT molecular complexity index is 608. The fourth-order valence-electron chi connectivity index (χ4n) is 3.17. The molecule has 102 valence electrons. The van der Waals surface area contributed by atoms with E-state index in [2.05, 4.69) is 40.5 Å². The van der Waals surface area contributed by atoms with E-state index in [-0.39, 0.29) is 0 Å². The first kappa shape index (κ1) is 11.8. The third-order valence-corrected chi connectivity index (χ3v) is 3.99. The SMILES string of the molecule is CCC[N+]12Cc3cccc[n+]3N(O1)[n+]1ccccc1C2. The molecule has 0 radical (unpaired) electrons. The van der Waals surface area contributed by atoms with Crippen LogP contribution in [-0.4, -0.2) is 11.2 Å². The second-order valence-electron chi connectivity index (χ2n) is 5.51. The number of fused-ring (bicyclic) bond motifs is 6. The number of nitrogens with zero attached hydrogens (tertiary/aromatic N) is 4. The first-order valence-electron chi connectivity index (χ1n) is 7.17. The van der Waals surface area contributed by atoms with E-state index in [4.69, 9.17) is 4.94 Å². The number of quaternary nitrogens is 1. The molecule has 2 aliphatic heterocycles. The van der Waals surface area contributed by atoms with Crippen LogP contribution >= 0.6 is 0 Å². The van der Waals surface area contributed by atoms with Crippen molar-refractivity contribution in [2.24, 2.45) is 0 Å². The molecule has 2 aromatic rings. The standard InChI is InChI=1S/C15H19N4O/c1-2-11-19-12-14-7-3-5-9-16(14)18(20-19)17-10-6-4-8-15(17)13-19/h3-10H,2,11-13H2,1H3/q+3. The topological polar surface area (TPSA) is 20.2 Å². The number of rotatable bonds is 2. The zero-order chi connectivity index (χ0) is 13.6. The molecule has 2 aliphatic rings. The van der Waals surface area contributed by atoms with E-state index in [1.807, 2.05) is 29.8 Å². The lowest BCUT2D eigenvalue weighted by Gasteiger charge is -2.37. The second kappa shape index (κ2) is 4.26. The fourth-order valence-corrected chi connectivity index (χ4v) is 3.17. The molecule has 0 aliphatic carbocycles. The summed E-state index contributed by atoms with van der Waals surface area (Å²) in [5.41, 5.74) is 2.54. The molecule has 4 rings (SSSR count). The summed E-state index contributed by atoms with van der Waals surface area (Å²) in [5, 5.41) is 1.87. The summed E-state index contributed by atoms with van der Waals surface area (Å²) in [4.78, 5) is 6.30. The average molecular weight is 271 g/mol. The van der Waals surface area contributed by atoms with Gasteiger partial charge in [-0.15, -0.1) is 4.65 Å². The van der Waals surface area contributed by atoms with Crippen LogP contribution in [-0.2, 0) is 18.0 Å². The Kier molecular flexibility index (Phi) is 2.52. The molecule has 4 heterocycles. The third kappa shape index (κ3) is 1.63. The van der Waals surface area contributed by atoms with Gasteiger partial charge in [0, 0.05) is 38.6 Å². The van der Waals surface area contributed by atoms with E-state index >= 15 is 0 Å². The third-order valence-electron chi connectivity index (χ3n) is 3.99. The molecule has 2 aromatic heterocycles. The van der Waals surface area contributed by atoms with Gasteiger partial charge >= 0.3 is 0 Å². The average Bonchev–Trinajstić information content (AvgIpc) is 2.47. The van der Waals surface area contributed by atoms with E-state index in [1.54, 1.807) is 0 Å². The highest BCUT2D eigenvalue weighted by Crippen LogP contribution is 2.24. The van der Waals surface area contributed by atoms with Gasteiger partial charge in [0.1, 0.15) is 6.54 Å². The lowest BCUT2D eigenvalue weighted by atomic mass is 10.2. The van der Waals surface area contributed by atoms with Crippen LogP contribution in [0.2, 0.25) is 0 Å². The summed E-state index contributed by atoms with van der Waals surface area (Å²) in [7, 11) is 0. The Morgan fingerprint density at radius 2 is 1.65 bits per heavy atom. The highest BCUT2D eigenvalue weighted by molar-refractivity contribution is 5.00. The monoisotopic (exact) mass is 271 g/mol. The maximum absolute atomic E-state index is 6.30. The van der Waals surface area contributed by atoms with Crippen molar-refractivity contribution >= 4 is 0 Å². The summed E-state index contributed by atoms with van der Waals surface area (Å²) in [6.07, 6.45) is 5.20. The van der Waals surface area contributed by atoms with Gasteiger partial charge in [0.2, 0.25) is 12.4 Å². The van der Waals surface area contributed by atoms with Crippen molar-refractivity contribution in [2.45, 2.75) is 26.4 Å². The van der Waals surface area contributed by atoms with Crippen LogP contribution in [0.15, 0.2) is 48.8 Å². The second-order valence-corrected chi connectivity index (χ2v) is 5.51. The number of hydrogen-bond acceptors (Lipinski definition) is 2. The molecule has 5 heteroatoms. The Balaban J connectivity index is 1.91. The quantitative estimate of drug-likeness (QED) is 0.594. The van der Waals surface area contributed by atoms with Crippen molar-refractivity contribution in [3.63, 3.8) is 0 Å². The Labute approximate surface area is 118 Å². The summed E-state index contributed by atoms with van der Waals surface area (Å²) >= 11 is 0. The van der Waals surface area contributed by atoms with Crippen molar-refractivity contribution < 1.29 is 18.9 Å². The zero-order valence-corrected chi connectivity index (χ0v) is 11.6. The summed E-state index contributed by atoms with van der Waals surface area (Å²) in [5.74, 6) is 0. The molecular formula is C15H19N4O+3. The van der Waals surface area contributed by atoms with E-state index in [1.165, 1.54) is 11.4 Å². The first-order chi connectivity index (χ1) is 9.81. The molecule has 5 nitrogen and oxygen atoms in total. The molecule has 0 atom stereocenters. The zero-order valence-electron chi connectivity index (χ0n) is 11.6. The molecule has 0 fully saturated rings. The lowest BCUT2D eigenvalue weighted by molar-refractivity contribution is -1.22. The van der Waals surface area contributed by atoms with Gasteiger partial charge < -0.3 is 0 Å².